The molecule has 1 aliphatic heterocycles. The molecule has 0 atom stereocenters. The third-order valence-corrected chi connectivity index (χ3v) is 5.94. The van der Waals surface area contributed by atoms with E-state index < -0.39 is 0 Å². The summed E-state index contributed by atoms with van der Waals surface area (Å²) in [5.74, 6) is 0.759. The highest BCUT2D eigenvalue weighted by atomic mass is 16.5. The van der Waals surface area contributed by atoms with E-state index in [2.05, 4.69) is 17.0 Å². The van der Waals surface area contributed by atoms with Crippen LogP contribution in [0.15, 0.2) is 59.4 Å². The second-order valence-corrected chi connectivity index (χ2v) is 7.95. The van der Waals surface area contributed by atoms with Crippen molar-refractivity contribution in [2.24, 2.45) is 0 Å². The molecule has 1 aliphatic rings. The molecule has 162 valence electrons. The number of aromatic nitrogens is 2. The molecule has 1 saturated heterocycles. The first-order valence-corrected chi connectivity index (χ1v) is 11.0. The number of ether oxygens (including phenoxy) is 1. The van der Waals surface area contributed by atoms with E-state index in [-0.39, 0.29) is 5.56 Å². The fourth-order valence-electron chi connectivity index (χ4n) is 4.00. The Labute approximate surface area is 183 Å². The first-order chi connectivity index (χ1) is 15.1. The summed E-state index contributed by atoms with van der Waals surface area (Å²) < 4.78 is 6.92. The average molecular weight is 419 g/mol. The molecule has 0 amide bonds. The van der Waals surface area contributed by atoms with Crippen molar-refractivity contribution in [3.63, 3.8) is 0 Å². The summed E-state index contributed by atoms with van der Waals surface area (Å²) in [5.41, 5.74) is 4.07. The van der Waals surface area contributed by atoms with Gasteiger partial charge in [0.1, 0.15) is 11.4 Å². The smallest absolute Gasteiger partial charge is 0.295 e. The lowest BCUT2D eigenvalue weighted by Gasteiger charge is -2.29. The van der Waals surface area contributed by atoms with Crippen LogP contribution in [0.5, 0.6) is 5.75 Å². The van der Waals surface area contributed by atoms with Crippen molar-refractivity contribution >= 4 is 11.4 Å². The van der Waals surface area contributed by atoms with Crippen LogP contribution in [-0.4, -0.2) is 43.6 Å². The fourth-order valence-corrected chi connectivity index (χ4v) is 4.00. The Morgan fingerprint density at radius 1 is 1.00 bits per heavy atom. The van der Waals surface area contributed by atoms with Gasteiger partial charge in [-0.25, -0.2) is 0 Å². The van der Waals surface area contributed by atoms with Crippen LogP contribution in [0.1, 0.15) is 26.2 Å². The summed E-state index contributed by atoms with van der Waals surface area (Å²) in [6.45, 7) is 4.87. The van der Waals surface area contributed by atoms with Gasteiger partial charge < -0.3 is 14.5 Å². The largest absolute Gasteiger partial charge is 0.497 e. The molecule has 2 heterocycles. The van der Waals surface area contributed by atoms with E-state index in [4.69, 9.17) is 9.84 Å². The number of anilines is 2. The van der Waals surface area contributed by atoms with Crippen molar-refractivity contribution in [1.29, 1.82) is 0 Å². The second-order valence-electron chi connectivity index (χ2n) is 7.95. The second kappa shape index (κ2) is 9.25. The molecule has 6 heteroatoms. The molecule has 0 radical (unpaired) electrons. The Balaban J connectivity index is 1.84. The van der Waals surface area contributed by atoms with Crippen LogP contribution >= 0.6 is 0 Å². The molecule has 2 aromatic carbocycles. The minimum atomic E-state index is -0.119. The van der Waals surface area contributed by atoms with E-state index in [0.717, 1.165) is 48.0 Å². The third-order valence-electron chi connectivity index (χ3n) is 5.94. The van der Waals surface area contributed by atoms with Crippen LogP contribution in [0.4, 0.5) is 11.4 Å². The maximum Gasteiger partial charge on any atom is 0.295 e. The molecule has 0 saturated carbocycles. The minimum absolute atomic E-state index is 0.119. The molecular weight excluding hydrogens is 388 g/mol. The SMILES string of the molecule is CCN(C)c1cc(-c2cccc(OC)c2)nn(-c2cccc(N3CCCCC3)c2)c1=O. The van der Waals surface area contributed by atoms with Crippen molar-refractivity contribution in [3.05, 3.63) is 65.0 Å². The molecule has 6 nitrogen and oxygen atoms in total. The zero-order chi connectivity index (χ0) is 21.8. The zero-order valence-corrected chi connectivity index (χ0v) is 18.5. The van der Waals surface area contributed by atoms with Gasteiger partial charge in [0.15, 0.2) is 0 Å². The summed E-state index contributed by atoms with van der Waals surface area (Å²) in [7, 11) is 3.58. The first-order valence-electron chi connectivity index (χ1n) is 11.0. The number of piperidine rings is 1. The molecule has 3 aromatic rings. The van der Waals surface area contributed by atoms with Gasteiger partial charge in [-0.05, 0) is 62.6 Å². The summed E-state index contributed by atoms with van der Waals surface area (Å²) >= 11 is 0. The van der Waals surface area contributed by atoms with E-state index in [9.17, 15) is 4.79 Å². The highest BCUT2D eigenvalue weighted by molar-refractivity contribution is 5.66. The standard InChI is InChI=1S/C25H30N4O2/c1-4-27(2)24-18-23(19-10-8-13-22(16-19)31-3)26-29(25(24)30)21-12-9-11-20(17-21)28-14-6-5-7-15-28/h8-13,16-18H,4-7,14-15H2,1-3H3. The van der Waals surface area contributed by atoms with Crippen LogP contribution in [0.2, 0.25) is 0 Å². The van der Waals surface area contributed by atoms with Crippen LogP contribution in [0.3, 0.4) is 0 Å². The van der Waals surface area contributed by atoms with Gasteiger partial charge in [-0.3, -0.25) is 4.79 Å². The lowest BCUT2D eigenvalue weighted by molar-refractivity contribution is 0.415. The van der Waals surface area contributed by atoms with Gasteiger partial charge >= 0.3 is 0 Å². The number of hydrogen-bond donors (Lipinski definition) is 0. The molecule has 0 unspecified atom stereocenters. The molecule has 0 aliphatic carbocycles. The van der Waals surface area contributed by atoms with Crippen LogP contribution in [0, 0.1) is 0 Å². The molecule has 0 spiro atoms. The Kier molecular flexibility index (Phi) is 6.26. The number of methoxy groups -OCH3 is 1. The maximum atomic E-state index is 13.4. The van der Waals surface area contributed by atoms with Gasteiger partial charge in [-0.1, -0.05) is 18.2 Å². The zero-order valence-electron chi connectivity index (χ0n) is 18.5. The first kappa shape index (κ1) is 21.0. The van der Waals surface area contributed by atoms with Crippen molar-refractivity contribution in [1.82, 2.24) is 9.78 Å². The van der Waals surface area contributed by atoms with Gasteiger partial charge in [0.25, 0.3) is 5.56 Å². The normalized spacial score (nSPS) is 13.8. The van der Waals surface area contributed by atoms with E-state index in [1.54, 1.807) is 7.11 Å². The fraction of sp³-hybridized carbons (Fsp3) is 0.360. The van der Waals surface area contributed by atoms with Gasteiger partial charge in [0.05, 0.1) is 18.5 Å². The predicted octanol–water partition coefficient (Wildman–Crippen LogP) is 4.35. The Morgan fingerprint density at radius 2 is 1.74 bits per heavy atom. The highest BCUT2D eigenvalue weighted by Gasteiger charge is 2.16. The number of hydrogen-bond acceptors (Lipinski definition) is 5. The predicted molar refractivity (Wildman–Crippen MR) is 127 cm³/mol. The van der Waals surface area contributed by atoms with Crippen molar-refractivity contribution in [3.8, 4) is 22.7 Å². The van der Waals surface area contributed by atoms with E-state index in [0.29, 0.717) is 5.69 Å². The molecular formula is C25H30N4O2. The molecule has 0 bridgehead atoms. The lowest BCUT2D eigenvalue weighted by atomic mass is 10.1. The Morgan fingerprint density at radius 3 is 2.48 bits per heavy atom. The minimum Gasteiger partial charge on any atom is -0.497 e. The van der Waals surface area contributed by atoms with E-state index in [1.807, 2.05) is 61.3 Å². The number of nitrogens with zero attached hydrogens (tertiary/aromatic N) is 4. The number of rotatable bonds is 6. The van der Waals surface area contributed by atoms with Crippen molar-refractivity contribution in [2.75, 3.05) is 43.6 Å². The quantitative estimate of drug-likeness (QED) is 0.596. The molecule has 1 fully saturated rings. The molecule has 4 rings (SSSR count). The van der Waals surface area contributed by atoms with Crippen LogP contribution < -0.4 is 20.1 Å². The topological polar surface area (TPSA) is 50.6 Å². The molecule has 0 N–H and O–H groups in total. The van der Waals surface area contributed by atoms with Crippen molar-refractivity contribution < 1.29 is 4.74 Å². The van der Waals surface area contributed by atoms with E-state index in [1.165, 1.54) is 23.9 Å². The van der Waals surface area contributed by atoms with Crippen molar-refractivity contribution in [2.45, 2.75) is 26.2 Å². The summed E-state index contributed by atoms with van der Waals surface area (Å²) in [5, 5.41) is 4.76. The third kappa shape index (κ3) is 4.43. The van der Waals surface area contributed by atoms with E-state index >= 15 is 0 Å². The average Bonchev–Trinajstić information content (AvgIpc) is 2.84. The summed E-state index contributed by atoms with van der Waals surface area (Å²) in [4.78, 5) is 17.7. The molecule has 31 heavy (non-hydrogen) atoms. The Hall–Kier alpha value is -3.28. The van der Waals surface area contributed by atoms with Crippen LogP contribution in [0.25, 0.3) is 16.9 Å². The summed E-state index contributed by atoms with van der Waals surface area (Å²) in [6, 6.07) is 17.8. The van der Waals surface area contributed by atoms with Gasteiger partial charge in [0, 0.05) is 37.9 Å². The van der Waals surface area contributed by atoms with Gasteiger partial charge in [0.2, 0.25) is 0 Å². The van der Waals surface area contributed by atoms with Gasteiger partial charge in [-0.15, -0.1) is 0 Å². The van der Waals surface area contributed by atoms with Gasteiger partial charge in [-0.2, -0.15) is 9.78 Å². The maximum absolute atomic E-state index is 13.4. The summed E-state index contributed by atoms with van der Waals surface area (Å²) in [6.07, 6.45) is 3.70. The lowest BCUT2D eigenvalue weighted by Crippen LogP contribution is -2.31. The molecule has 1 aromatic heterocycles. The highest BCUT2D eigenvalue weighted by Crippen LogP contribution is 2.26. The Bertz CT molecular complexity index is 1100. The van der Waals surface area contributed by atoms with Crippen LogP contribution in [-0.2, 0) is 0 Å². The number of benzene rings is 2. The monoisotopic (exact) mass is 418 g/mol.